The summed E-state index contributed by atoms with van der Waals surface area (Å²) >= 11 is 0.860. The predicted molar refractivity (Wildman–Crippen MR) is 138 cm³/mol. The second-order valence-electron chi connectivity index (χ2n) is 8.23. The first-order chi connectivity index (χ1) is 18.0. The molecule has 0 bridgehead atoms. The number of esters is 2. The third-order valence-corrected chi connectivity index (χ3v) is 6.89. The molecule has 3 aromatic rings. The number of amides is 1. The number of aryl methyl sites for hydroxylation is 2. The smallest absolute Gasteiger partial charge is 0.441 e. The summed E-state index contributed by atoms with van der Waals surface area (Å²) < 4.78 is 54.0. The average molecular weight is 549 g/mol. The van der Waals surface area contributed by atoms with Gasteiger partial charge >= 0.3 is 23.8 Å². The van der Waals surface area contributed by atoms with Crippen molar-refractivity contribution in [3.63, 3.8) is 0 Å². The number of halogens is 3. The zero-order valence-corrected chi connectivity index (χ0v) is 22.0. The highest BCUT2D eigenvalue weighted by atomic mass is 32.1. The molecule has 1 aromatic heterocycles. The SMILES string of the molecule is CCOC(=O)c1c(N[C@@](NC(=O)c2cccc(C)c2)(C(=O)OC)C(F)(F)F)sc(CC)c1-c1ccccc1. The number of thiophene rings is 1. The van der Waals surface area contributed by atoms with E-state index in [1.165, 1.54) is 18.2 Å². The Morgan fingerprint density at radius 2 is 1.68 bits per heavy atom. The maximum Gasteiger partial charge on any atom is 0.441 e. The van der Waals surface area contributed by atoms with E-state index in [-0.39, 0.29) is 22.7 Å². The molecule has 0 spiro atoms. The molecule has 0 unspecified atom stereocenters. The van der Waals surface area contributed by atoms with Gasteiger partial charge in [-0.3, -0.25) is 4.79 Å². The molecule has 1 heterocycles. The number of nitrogens with one attached hydrogen (secondary N) is 2. The minimum absolute atomic E-state index is 0.0324. The number of carbonyl (C=O) groups excluding carboxylic acids is 3. The van der Waals surface area contributed by atoms with Crippen LogP contribution in [0.1, 0.15) is 45.0 Å². The highest BCUT2D eigenvalue weighted by molar-refractivity contribution is 7.17. The van der Waals surface area contributed by atoms with Crippen LogP contribution in [-0.2, 0) is 20.7 Å². The summed E-state index contributed by atoms with van der Waals surface area (Å²) in [6.45, 7) is 4.99. The molecule has 0 aliphatic carbocycles. The van der Waals surface area contributed by atoms with Crippen LogP contribution < -0.4 is 10.6 Å². The Morgan fingerprint density at radius 3 is 2.24 bits per heavy atom. The lowest BCUT2D eigenvalue weighted by atomic mass is 9.99. The molecule has 0 radical (unpaired) electrons. The largest absolute Gasteiger partial charge is 0.466 e. The molecule has 38 heavy (non-hydrogen) atoms. The summed E-state index contributed by atoms with van der Waals surface area (Å²) in [5.74, 6) is -3.86. The standard InChI is InChI=1S/C27H27F3N2O5S/c1-5-19-20(17-12-8-7-9-13-17)21(24(34)37-6-2)23(38-19)32-26(25(35)36-4,27(28,29)30)31-22(33)18-14-10-11-16(3)15-18/h7-15,32H,5-6H2,1-4H3,(H,31,33)/t26-/m0/s1. The minimum Gasteiger partial charge on any atom is -0.466 e. The van der Waals surface area contributed by atoms with Gasteiger partial charge in [0.25, 0.3) is 5.91 Å². The second-order valence-corrected chi connectivity index (χ2v) is 9.34. The first-order valence-electron chi connectivity index (χ1n) is 11.7. The van der Waals surface area contributed by atoms with Crippen LogP contribution in [-0.4, -0.2) is 43.4 Å². The molecule has 1 atom stereocenters. The number of anilines is 1. The quantitative estimate of drug-likeness (QED) is 0.262. The summed E-state index contributed by atoms with van der Waals surface area (Å²) in [6.07, 6.45) is -5.01. The molecule has 0 aliphatic rings. The maximum atomic E-state index is 14.8. The van der Waals surface area contributed by atoms with E-state index >= 15 is 0 Å². The van der Waals surface area contributed by atoms with Crippen LogP contribution in [0.3, 0.4) is 0 Å². The molecule has 0 saturated carbocycles. The molecule has 11 heteroatoms. The van der Waals surface area contributed by atoms with Crippen molar-refractivity contribution < 1.29 is 37.0 Å². The van der Waals surface area contributed by atoms with Crippen LogP contribution in [0, 0.1) is 6.92 Å². The van der Waals surface area contributed by atoms with Gasteiger partial charge in [0.1, 0.15) is 10.6 Å². The minimum atomic E-state index is -5.38. The van der Waals surface area contributed by atoms with Crippen molar-refractivity contribution in [1.29, 1.82) is 0 Å². The van der Waals surface area contributed by atoms with E-state index in [0.29, 0.717) is 28.0 Å². The third-order valence-electron chi connectivity index (χ3n) is 5.64. The Labute approximate surface area is 222 Å². The molecular weight excluding hydrogens is 521 g/mol. The van der Waals surface area contributed by atoms with Gasteiger partial charge in [-0.25, -0.2) is 9.59 Å². The van der Waals surface area contributed by atoms with Crippen LogP contribution in [0.2, 0.25) is 0 Å². The molecule has 1 amide bonds. The van der Waals surface area contributed by atoms with Crippen LogP contribution in [0.25, 0.3) is 11.1 Å². The van der Waals surface area contributed by atoms with E-state index in [0.717, 1.165) is 18.4 Å². The fourth-order valence-corrected chi connectivity index (χ4v) is 5.07. The molecule has 3 rings (SSSR count). The lowest BCUT2D eigenvalue weighted by molar-refractivity contribution is -0.203. The zero-order chi connectivity index (χ0) is 28.1. The summed E-state index contributed by atoms with van der Waals surface area (Å²) in [5, 5.41) is 3.66. The second kappa shape index (κ2) is 11.7. The van der Waals surface area contributed by atoms with Crippen molar-refractivity contribution in [3.8, 4) is 11.1 Å². The highest BCUT2D eigenvalue weighted by Gasteiger charge is 2.64. The Hall–Kier alpha value is -3.86. The fraction of sp³-hybridized carbons (Fsp3) is 0.296. The highest BCUT2D eigenvalue weighted by Crippen LogP contribution is 2.44. The van der Waals surface area contributed by atoms with Crippen molar-refractivity contribution in [3.05, 3.63) is 76.2 Å². The van der Waals surface area contributed by atoms with E-state index in [1.807, 2.05) is 0 Å². The van der Waals surface area contributed by atoms with Gasteiger partial charge in [-0.15, -0.1) is 11.3 Å². The average Bonchev–Trinajstić information content (AvgIpc) is 3.25. The molecule has 7 nitrogen and oxygen atoms in total. The molecule has 0 aliphatic heterocycles. The van der Waals surface area contributed by atoms with Gasteiger partial charge in [0, 0.05) is 16.0 Å². The number of rotatable bonds is 9. The lowest BCUT2D eigenvalue weighted by Gasteiger charge is -2.34. The van der Waals surface area contributed by atoms with Gasteiger partial charge in [-0.2, -0.15) is 13.2 Å². The Kier molecular flexibility index (Phi) is 8.82. The van der Waals surface area contributed by atoms with E-state index < -0.39 is 29.7 Å². The molecule has 2 aromatic carbocycles. The topological polar surface area (TPSA) is 93.7 Å². The molecule has 0 fully saturated rings. The van der Waals surface area contributed by atoms with Crippen LogP contribution >= 0.6 is 11.3 Å². The van der Waals surface area contributed by atoms with Gasteiger partial charge in [-0.1, -0.05) is 55.0 Å². The summed E-state index contributed by atoms with van der Waals surface area (Å²) in [4.78, 5) is 39.5. The van der Waals surface area contributed by atoms with Crippen LogP contribution in [0.5, 0.6) is 0 Å². The van der Waals surface area contributed by atoms with Crippen LogP contribution in [0.4, 0.5) is 18.2 Å². The summed E-state index contributed by atoms with van der Waals surface area (Å²) in [6, 6.07) is 14.5. The first kappa shape index (κ1) is 28.7. The van der Waals surface area contributed by atoms with Gasteiger partial charge in [0.15, 0.2) is 0 Å². The Balaban J connectivity index is 2.25. The van der Waals surface area contributed by atoms with Crippen molar-refractivity contribution in [1.82, 2.24) is 5.32 Å². The summed E-state index contributed by atoms with van der Waals surface area (Å²) in [7, 11) is 0.775. The molecule has 0 saturated heterocycles. The van der Waals surface area contributed by atoms with Crippen molar-refractivity contribution in [2.24, 2.45) is 0 Å². The van der Waals surface area contributed by atoms with E-state index in [9.17, 15) is 27.6 Å². The third kappa shape index (κ3) is 5.67. The van der Waals surface area contributed by atoms with Crippen molar-refractivity contribution in [2.45, 2.75) is 39.0 Å². The Bertz CT molecular complexity index is 1320. The molecular formula is C27H27F3N2O5S. The zero-order valence-electron chi connectivity index (χ0n) is 21.2. The van der Waals surface area contributed by atoms with Crippen molar-refractivity contribution >= 4 is 34.2 Å². The normalized spacial score (nSPS) is 12.8. The Morgan fingerprint density at radius 1 is 1.00 bits per heavy atom. The first-order valence-corrected chi connectivity index (χ1v) is 12.5. The predicted octanol–water partition coefficient (Wildman–Crippen LogP) is 5.74. The number of carbonyl (C=O) groups is 3. The number of benzene rings is 2. The van der Waals surface area contributed by atoms with Crippen molar-refractivity contribution in [2.75, 3.05) is 19.0 Å². The number of hydrogen-bond acceptors (Lipinski definition) is 7. The maximum absolute atomic E-state index is 14.8. The molecule has 2 N–H and O–H groups in total. The van der Waals surface area contributed by atoms with Gasteiger partial charge in [0.2, 0.25) is 0 Å². The number of hydrogen-bond donors (Lipinski definition) is 2. The van der Waals surface area contributed by atoms with Gasteiger partial charge < -0.3 is 20.1 Å². The van der Waals surface area contributed by atoms with E-state index in [1.54, 1.807) is 62.5 Å². The summed E-state index contributed by atoms with van der Waals surface area (Å²) in [5.41, 5.74) is -2.40. The van der Waals surface area contributed by atoms with Gasteiger partial charge in [-0.05, 0) is 38.0 Å². The number of methoxy groups -OCH3 is 1. The molecule has 202 valence electrons. The van der Waals surface area contributed by atoms with Crippen LogP contribution in [0.15, 0.2) is 54.6 Å². The van der Waals surface area contributed by atoms with E-state index in [2.05, 4.69) is 10.1 Å². The number of alkyl halides is 3. The lowest BCUT2D eigenvalue weighted by Crippen LogP contribution is -2.69. The van der Waals surface area contributed by atoms with E-state index in [4.69, 9.17) is 4.74 Å². The fourth-order valence-electron chi connectivity index (χ4n) is 3.87. The monoisotopic (exact) mass is 548 g/mol. The number of ether oxygens (including phenoxy) is 2. The van der Waals surface area contributed by atoms with Gasteiger partial charge in [0.05, 0.1) is 13.7 Å².